The largest absolute Gasteiger partial charge is 0.368 e. The number of rotatable bonds is 5. The van der Waals surface area contributed by atoms with Crippen LogP contribution in [-0.4, -0.2) is 41.4 Å². The van der Waals surface area contributed by atoms with Crippen molar-refractivity contribution in [3.05, 3.63) is 42.1 Å². The summed E-state index contributed by atoms with van der Waals surface area (Å²) in [5, 5.41) is 2.59. The molecule has 1 atom stereocenters. The zero-order valence-electron chi connectivity index (χ0n) is 14.8. The summed E-state index contributed by atoms with van der Waals surface area (Å²) in [6, 6.07) is 11.9. The summed E-state index contributed by atoms with van der Waals surface area (Å²) in [6.45, 7) is 3.15. The highest BCUT2D eigenvalue weighted by atomic mass is 16.2. The van der Waals surface area contributed by atoms with Crippen molar-refractivity contribution in [3.63, 3.8) is 0 Å². The molecule has 3 N–H and O–H groups in total. The van der Waals surface area contributed by atoms with Gasteiger partial charge in [-0.2, -0.15) is 0 Å². The average molecular weight is 353 g/mol. The van der Waals surface area contributed by atoms with E-state index < -0.39 is 5.91 Å². The Morgan fingerprint density at radius 2 is 2.04 bits per heavy atom. The number of nitrogens with two attached hydrogens (primary N) is 1. The molecule has 1 aliphatic rings. The first kappa shape index (κ1) is 17.8. The number of piperidine rings is 1. The molecule has 1 aliphatic heterocycles. The van der Waals surface area contributed by atoms with Gasteiger partial charge in [0, 0.05) is 24.3 Å². The van der Waals surface area contributed by atoms with Crippen molar-refractivity contribution in [1.82, 2.24) is 15.3 Å². The number of hydrogen-bond donors (Lipinski definition) is 2. The summed E-state index contributed by atoms with van der Waals surface area (Å²) in [6.07, 6.45) is 1.64. The van der Waals surface area contributed by atoms with Gasteiger partial charge in [0.15, 0.2) is 0 Å². The predicted octanol–water partition coefficient (Wildman–Crippen LogP) is 1.27. The summed E-state index contributed by atoms with van der Waals surface area (Å²) in [5.41, 5.74) is 7.88. The molecular formula is C19H23N5O2. The van der Waals surface area contributed by atoms with Gasteiger partial charge in [-0.25, -0.2) is 9.97 Å². The number of nitrogens with zero attached hydrogens (tertiary/aromatic N) is 3. The van der Waals surface area contributed by atoms with Gasteiger partial charge in [-0.1, -0.05) is 30.3 Å². The number of carbonyl (C=O) groups excluding carboxylic acids is 2. The van der Waals surface area contributed by atoms with E-state index in [1.165, 1.54) is 0 Å². The van der Waals surface area contributed by atoms with E-state index in [-0.39, 0.29) is 18.4 Å². The number of carbonyl (C=O) groups is 2. The fraction of sp³-hybridized carbons (Fsp3) is 0.368. The van der Waals surface area contributed by atoms with Gasteiger partial charge in [0.1, 0.15) is 0 Å². The van der Waals surface area contributed by atoms with Crippen LogP contribution in [0.5, 0.6) is 0 Å². The molecule has 0 saturated carbocycles. The molecule has 0 spiro atoms. The Kier molecular flexibility index (Phi) is 5.46. The van der Waals surface area contributed by atoms with E-state index in [1.54, 1.807) is 0 Å². The minimum absolute atomic E-state index is 0.131. The SMILES string of the molecule is Cc1cc(-c2ccccc2)nc(N2CCCC(C(=O)NCC(N)=O)C2)n1. The van der Waals surface area contributed by atoms with E-state index >= 15 is 0 Å². The number of amides is 2. The topological polar surface area (TPSA) is 101 Å². The molecule has 3 rings (SSSR count). The molecule has 2 aromatic rings. The van der Waals surface area contributed by atoms with Crippen LogP contribution >= 0.6 is 0 Å². The van der Waals surface area contributed by atoms with Crippen molar-refractivity contribution in [1.29, 1.82) is 0 Å². The molecule has 1 aromatic carbocycles. The number of primary amides is 1. The van der Waals surface area contributed by atoms with Gasteiger partial charge in [-0.05, 0) is 25.8 Å². The Hall–Kier alpha value is -2.96. The van der Waals surface area contributed by atoms with Gasteiger partial charge in [0.2, 0.25) is 17.8 Å². The number of aromatic nitrogens is 2. The van der Waals surface area contributed by atoms with E-state index in [9.17, 15) is 9.59 Å². The third-order valence-electron chi connectivity index (χ3n) is 4.42. The minimum atomic E-state index is -0.541. The van der Waals surface area contributed by atoms with Crippen LogP contribution in [0.1, 0.15) is 18.5 Å². The highest BCUT2D eigenvalue weighted by Crippen LogP contribution is 2.24. The quantitative estimate of drug-likeness (QED) is 0.843. The van der Waals surface area contributed by atoms with Crippen LogP contribution in [0.15, 0.2) is 36.4 Å². The molecular weight excluding hydrogens is 330 g/mol. The number of benzene rings is 1. The molecule has 2 amide bonds. The van der Waals surface area contributed by atoms with Crippen molar-refractivity contribution in [3.8, 4) is 11.3 Å². The number of aryl methyl sites for hydroxylation is 1. The summed E-state index contributed by atoms with van der Waals surface area (Å²) in [7, 11) is 0. The summed E-state index contributed by atoms with van der Waals surface area (Å²) in [5.74, 6) is -0.256. The Balaban J connectivity index is 1.77. The van der Waals surface area contributed by atoms with Gasteiger partial charge in [0.25, 0.3) is 0 Å². The summed E-state index contributed by atoms with van der Waals surface area (Å²) < 4.78 is 0. The minimum Gasteiger partial charge on any atom is -0.368 e. The maximum absolute atomic E-state index is 12.2. The van der Waals surface area contributed by atoms with Gasteiger partial charge in [-0.3, -0.25) is 9.59 Å². The van der Waals surface area contributed by atoms with E-state index in [0.29, 0.717) is 12.5 Å². The molecule has 0 aliphatic carbocycles. The van der Waals surface area contributed by atoms with Crippen molar-refractivity contribution in [2.75, 3.05) is 24.5 Å². The standard InChI is InChI=1S/C19H23N5O2/c1-13-10-16(14-6-3-2-4-7-14)23-19(22-13)24-9-5-8-15(12-24)18(26)21-11-17(20)25/h2-4,6-7,10,15H,5,8-9,11-12H2,1H3,(H2,20,25)(H,21,26). The second-order valence-electron chi connectivity index (χ2n) is 6.53. The number of nitrogens with one attached hydrogen (secondary N) is 1. The normalized spacial score (nSPS) is 17.0. The Morgan fingerprint density at radius 3 is 2.77 bits per heavy atom. The highest BCUT2D eigenvalue weighted by molar-refractivity contribution is 5.85. The zero-order valence-corrected chi connectivity index (χ0v) is 14.8. The Bertz CT molecular complexity index is 794. The molecule has 26 heavy (non-hydrogen) atoms. The fourth-order valence-corrected chi connectivity index (χ4v) is 3.14. The second-order valence-corrected chi connectivity index (χ2v) is 6.53. The lowest BCUT2D eigenvalue weighted by atomic mass is 9.97. The van der Waals surface area contributed by atoms with E-state index in [2.05, 4.69) is 10.3 Å². The highest BCUT2D eigenvalue weighted by Gasteiger charge is 2.27. The van der Waals surface area contributed by atoms with Crippen LogP contribution in [-0.2, 0) is 9.59 Å². The molecule has 1 unspecified atom stereocenters. The van der Waals surface area contributed by atoms with Crippen LogP contribution in [0.2, 0.25) is 0 Å². The zero-order chi connectivity index (χ0) is 18.5. The molecule has 2 heterocycles. The van der Waals surface area contributed by atoms with Crippen molar-refractivity contribution < 1.29 is 9.59 Å². The van der Waals surface area contributed by atoms with Crippen LogP contribution in [0.3, 0.4) is 0 Å². The van der Waals surface area contributed by atoms with Crippen molar-refractivity contribution >= 4 is 17.8 Å². The lowest BCUT2D eigenvalue weighted by Crippen LogP contribution is -2.45. The van der Waals surface area contributed by atoms with Gasteiger partial charge < -0.3 is 16.0 Å². The first-order valence-corrected chi connectivity index (χ1v) is 8.75. The van der Waals surface area contributed by atoms with E-state index in [1.807, 2.05) is 48.2 Å². The Labute approximate surface area is 152 Å². The second kappa shape index (κ2) is 7.95. The lowest BCUT2D eigenvalue weighted by Gasteiger charge is -2.32. The summed E-state index contributed by atoms with van der Waals surface area (Å²) >= 11 is 0. The third kappa shape index (κ3) is 4.36. The Morgan fingerprint density at radius 1 is 1.27 bits per heavy atom. The third-order valence-corrected chi connectivity index (χ3v) is 4.42. The molecule has 7 heteroatoms. The van der Waals surface area contributed by atoms with Crippen LogP contribution in [0.4, 0.5) is 5.95 Å². The molecule has 136 valence electrons. The lowest BCUT2D eigenvalue weighted by molar-refractivity contribution is -0.127. The molecule has 1 saturated heterocycles. The van der Waals surface area contributed by atoms with Crippen molar-refractivity contribution in [2.45, 2.75) is 19.8 Å². The maximum Gasteiger partial charge on any atom is 0.236 e. The first-order chi connectivity index (χ1) is 12.5. The number of hydrogen-bond acceptors (Lipinski definition) is 5. The maximum atomic E-state index is 12.2. The number of anilines is 1. The molecule has 1 fully saturated rings. The van der Waals surface area contributed by atoms with Gasteiger partial charge >= 0.3 is 0 Å². The molecule has 7 nitrogen and oxygen atoms in total. The van der Waals surface area contributed by atoms with Gasteiger partial charge in [-0.15, -0.1) is 0 Å². The molecule has 0 bridgehead atoms. The van der Waals surface area contributed by atoms with Crippen molar-refractivity contribution in [2.24, 2.45) is 11.7 Å². The predicted molar refractivity (Wildman–Crippen MR) is 99.3 cm³/mol. The fourth-order valence-electron chi connectivity index (χ4n) is 3.14. The smallest absolute Gasteiger partial charge is 0.236 e. The van der Waals surface area contributed by atoms with Crippen LogP contribution in [0.25, 0.3) is 11.3 Å². The summed E-state index contributed by atoms with van der Waals surface area (Å²) in [4.78, 5) is 34.4. The van der Waals surface area contributed by atoms with Gasteiger partial charge in [0.05, 0.1) is 18.2 Å². The van der Waals surface area contributed by atoms with Crippen LogP contribution in [0, 0.1) is 12.8 Å². The first-order valence-electron chi connectivity index (χ1n) is 8.75. The monoisotopic (exact) mass is 353 g/mol. The molecule has 0 radical (unpaired) electrons. The van der Waals surface area contributed by atoms with E-state index in [0.717, 1.165) is 36.3 Å². The van der Waals surface area contributed by atoms with Crippen LogP contribution < -0.4 is 16.0 Å². The average Bonchev–Trinajstić information content (AvgIpc) is 2.66. The van der Waals surface area contributed by atoms with E-state index in [4.69, 9.17) is 10.7 Å². The molecule has 1 aromatic heterocycles.